The fraction of sp³-hybridized carbons (Fsp3) is 1.00. The van der Waals surface area contributed by atoms with Gasteiger partial charge in [0, 0.05) is 0 Å². The summed E-state index contributed by atoms with van der Waals surface area (Å²) >= 11 is 0. The van der Waals surface area contributed by atoms with Gasteiger partial charge in [-0.15, -0.1) is 0 Å². The van der Waals surface area contributed by atoms with Crippen molar-refractivity contribution in [3.05, 3.63) is 0 Å². The van der Waals surface area contributed by atoms with Crippen molar-refractivity contribution in [1.29, 1.82) is 0 Å². The molecular weight excluding hydrogens is 220 g/mol. The summed E-state index contributed by atoms with van der Waals surface area (Å²) in [7, 11) is -0.656. The van der Waals surface area contributed by atoms with Crippen molar-refractivity contribution >= 4 is 18.1 Å². The van der Waals surface area contributed by atoms with Gasteiger partial charge in [-0.1, -0.05) is 6.42 Å². The Bertz CT molecular complexity index is 221. The summed E-state index contributed by atoms with van der Waals surface area (Å²) in [6.45, 7) is 6.84. The lowest BCUT2D eigenvalue weighted by Crippen LogP contribution is -2.32. The molecule has 0 amide bonds. The van der Waals surface area contributed by atoms with Gasteiger partial charge >= 0.3 is 0 Å². The Morgan fingerprint density at radius 1 is 1.33 bits per heavy atom. The third kappa shape index (κ3) is 3.41. The Morgan fingerprint density at radius 2 is 2.13 bits per heavy atom. The van der Waals surface area contributed by atoms with Gasteiger partial charge in [0.05, 0.1) is 12.2 Å². The molecule has 0 spiro atoms. The van der Waals surface area contributed by atoms with E-state index < -0.39 is 8.32 Å². The van der Waals surface area contributed by atoms with E-state index >= 15 is 0 Å². The molecule has 0 aromatic carbocycles. The van der Waals surface area contributed by atoms with E-state index in [4.69, 9.17) is 8.85 Å². The number of hydrogen-bond acceptors (Lipinski definition) is 2. The highest BCUT2D eigenvalue weighted by molar-refractivity contribution is 6.74. The van der Waals surface area contributed by atoms with Crippen LogP contribution in [0.5, 0.6) is 0 Å². The molecule has 4 heteroatoms. The summed E-state index contributed by atoms with van der Waals surface area (Å²) in [5, 5.41) is 0. The van der Waals surface area contributed by atoms with Crippen molar-refractivity contribution in [2.75, 3.05) is 0 Å². The fourth-order valence-corrected chi connectivity index (χ4v) is 6.35. The fourth-order valence-electron chi connectivity index (χ4n) is 2.63. The molecule has 2 rings (SSSR count). The monoisotopic (exact) mass is 242 g/mol. The second-order valence-electron chi connectivity index (χ2n) is 5.50. The van der Waals surface area contributed by atoms with E-state index in [1.807, 2.05) is 0 Å². The second kappa shape index (κ2) is 4.69. The van der Waals surface area contributed by atoms with Crippen molar-refractivity contribution in [2.24, 2.45) is 5.92 Å². The Balaban J connectivity index is 1.68. The smallest absolute Gasteiger partial charge is 0.211 e. The van der Waals surface area contributed by atoms with Crippen LogP contribution in [0.15, 0.2) is 0 Å². The minimum atomic E-state index is -1.32. The predicted octanol–water partition coefficient (Wildman–Crippen LogP) is 2.83. The molecule has 1 heterocycles. The molecule has 3 atom stereocenters. The number of fused-ring (bicyclic) bond motifs is 1. The van der Waals surface area contributed by atoms with Crippen molar-refractivity contribution in [1.82, 2.24) is 0 Å². The summed E-state index contributed by atoms with van der Waals surface area (Å²) in [5.41, 5.74) is 0. The normalized spacial score (nSPS) is 35.0. The first-order chi connectivity index (χ1) is 7.11. The third-order valence-electron chi connectivity index (χ3n) is 3.65. The summed E-state index contributed by atoms with van der Waals surface area (Å²) < 4.78 is 11.5. The molecule has 15 heavy (non-hydrogen) atoms. The topological polar surface area (TPSA) is 21.8 Å². The summed E-state index contributed by atoms with van der Waals surface area (Å²) in [6.07, 6.45) is 6.69. The maximum Gasteiger partial charge on any atom is 0.211 e. The molecule has 2 fully saturated rings. The van der Waals surface area contributed by atoms with Gasteiger partial charge in [-0.25, -0.2) is 0 Å². The minimum Gasteiger partial charge on any atom is -0.456 e. The zero-order valence-corrected chi connectivity index (χ0v) is 12.1. The number of rotatable bonds is 5. The Kier molecular flexibility index (Phi) is 3.70. The zero-order valence-electron chi connectivity index (χ0n) is 10.1. The molecule has 2 nitrogen and oxygen atoms in total. The first kappa shape index (κ1) is 11.8. The molecule has 0 N–H and O–H groups in total. The number of epoxide rings is 1. The molecule has 0 aromatic rings. The molecule has 1 aliphatic heterocycles. The molecular formula is C11H22O2Si2. The molecule has 86 valence electrons. The summed E-state index contributed by atoms with van der Waals surface area (Å²) in [5.74, 6) is 0.921. The van der Waals surface area contributed by atoms with Crippen LogP contribution in [0.2, 0.25) is 25.7 Å². The Labute approximate surface area is 96.8 Å². The van der Waals surface area contributed by atoms with Gasteiger partial charge in [0.15, 0.2) is 8.32 Å². The van der Waals surface area contributed by atoms with Crippen molar-refractivity contribution < 1.29 is 8.85 Å². The lowest BCUT2D eigenvalue weighted by molar-refractivity contribution is 0.355. The minimum absolute atomic E-state index is 0.641. The molecule has 2 radical (unpaired) electrons. The summed E-state index contributed by atoms with van der Waals surface area (Å²) in [6, 6.07) is 1.33. The average Bonchev–Trinajstić information content (AvgIpc) is 2.92. The van der Waals surface area contributed by atoms with E-state index in [0.717, 1.165) is 5.92 Å². The maximum atomic E-state index is 5.89. The van der Waals surface area contributed by atoms with Crippen LogP contribution in [0, 0.1) is 5.92 Å². The number of hydrogen-bond donors (Lipinski definition) is 0. The van der Waals surface area contributed by atoms with Crippen molar-refractivity contribution in [2.45, 2.75) is 63.6 Å². The molecule has 3 unspecified atom stereocenters. The van der Waals surface area contributed by atoms with Crippen molar-refractivity contribution in [3.63, 3.8) is 0 Å². The predicted molar refractivity (Wildman–Crippen MR) is 65.6 cm³/mol. The van der Waals surface area contributed by atoms with Crippen LogP contribution in [0.25, 0.3) is 0 Å². The SMILES string of the molecule is C[Si]O[Si](C)(C)CCC1CCC2OC2C1. The second-order valence-corrected chi connectivity index (χ2v) is 10.7. The molecule has 0 bridgehead atoms. The molecule has 1 aliphatic carbocycles. The Morgan fingerprint density at radius 3 is 2.80 bits per heavy atom. The zero-order chi connectivity index (χ0) is 10.9. The van der Waals surface area contributed by atoms with Gasteiger partial charge in [0.1, 0.15) is 0 Å². The highest BCUT2D eigenvalue weighted by atomic mass is 28.4. The quantitative estimate of drug-likeness (QED) is 0.546. The van der Waals surface area contributed by atoms with E-state index in [1.54, 1.807) is 0 Å². The van der Waals surface area contributed by atoms with Crippen LogP contribution in [-0.2, 0) is 8.85 Å². The van der Waals surface area contributed by atoms with E-state index in [-0.39, 0.29) is 0 Å². The molecule has 2 aliphatic rings. The van der Waals surface area contributed by atoms with Gasteiger partial charge in [-0.2, -0.15) is 0 Å². The van der Waals surface area contributed by atoms with Crippen LogP contribution in [0.4, 0.5) is 0 Å². The lowest BCUT2D eigenvalue weighted by Gasteiger charge is -2.26. The average molecular weight is 242 g/mol. The summed E-state index contributed by atoms with van der Waals surface area (Å²) in [4.78, 5) is 0. The van der Waals surface area contributed by atoms with E-state index in [2.05, 4.69) is 19.6 Å². The maximum absolute atomic E-state index is 5.89. The molecule has 1 saturated heterocycles. The van der Waals surface area contributed by atoms with Gasteiger partial charge in [-0.05, 0) is 50.9 Å². The van der Waals surface area contributed by atoms with Crippen LogP contribution >= 0.6 is 0 Å². The van der Waals surface area contributed by atoms with Gasteiger partial charge < -0.3 is 8.85 Å². The molecule has 0 aromatic heterocycles. The first-order valence-corrected chi connectivity index (χ1v) is 10.6. The Hall–Kier alpha value is 0.354. The lowest BCUT2D eigenvalue weighted by atomic mass is 9.88. The molecule has 1 saturated carbocycles. The van der Waals surface area contributed by atoms with Crippen LogP contribution in [0.1, 0.15) is 25.7 Å². The van der Waals surface area contributed by atoms with Gasteiger partial charge in [-0.3, -0.25) is 0 Å². The third-order valence-corrected chi connectivity index (χ3v) is 8.17. The largest absolute Gasteiger partial charge is 0.456 e. The number of ether oxygens (including phenoxy) is 1. The van der Waals surface area contributed by atoms with E-state index in [1.165, 1.54) is 31.7 Å². The van der Waals surface area contributed by atoms with Gasteiger partial charge in [0.2, 0.25) is 9.76 Å². The van der Waals surface area contributed by atoms with Crippen LogP contribution in [0.3, 0.4) is 0 Å². The van der Waals surface area contributed by atoms with E-state index in [9.17, 15) is 0 Å². The highest BCUT2D eigenvalue weighted by Gasteiger charge is 2.43. The van der Waals surface area contributed by atoms with Gasteiger partial charge in [0.25, 0.3) is 0 Å². The van der Waals surface area contributed by atoms with Crippen molar-refractivity contribution in [3.8, 4) is 0 Å². The highest BCUT2D eigenvalue weighted by Crippen LogP contribution is 2.41. The van der Waals surface area contributed by atoms with E-state index in [0.29, 0.717) is 22.0 Å². The standard InChI is InChI=1S/C11H22O2Si2/c1-14-13-15(2,3)7-6-9-4-5-10-11(8-9)12-10/h9-11H,4-8H2,1-3H3. The van der Waals surface area contributed by atoms with Crippen LogP contribution in [-0.4, -0.2) is 30.3 Å². The van der Waals surface area contributed by atoms with Crippen LogP contribution < -0.4 is 0 Å². The first-order valence-electron chi connectivity index (χ1n) is 6.11.